The fourth-order valence-corrected chi connectivity index (χ4v) is 14.2. The lowest BCUT2D eigenvalue weighted by atomic mass is 9.78. The van der Waals surface area contributed by atoms with Gasteiger partial charge in [-0.1, -0.05) is 88.4 Å². The summed E-state index contributed by atoms with van der Waals surface area (Å²) in [6.45, 7) is 23.1. The monoisotopic (exact) mass is 1220 g/mol. The average molecular weight is 1220 g/mol. The molecule has 0 saturated carbocycles. The van der Waals surface area contributed by atoms with Gasteiger partial charge in [0.1, 0.15) is 36.3 Å². The van der Waals surface area contributed by atoms with Crippen molar-refractivity contribution in [3.8, 4) is 0 Å². The number of esters is 3. The van der Waals surface area contributed by atoms with Crippen molar-refractivity contribution in [3.05, 3.63) is 60.2 Å². The minimum absolute atomic E-state index is 0.00321. The van der Waals surface area contributed by atoms with E-state index in [1.54, 1.807) is 41.7 Å². The zero-order valence-electron chi connectivity index (χ0n) is 50.7. The van der Waals surface area contributed by atoms with Crippen LogP contribution < -0.4 is 0 Å². The van der Waals surface area contributed by atoms with Gasteiger partial charge >= 0.3 is 17.9 Å². The number of carbonyl (C=O) groups is 4. The average Bonchev–Trinajstić information content (AvgIpc) is 1.35. The number of hydrogen-bond donors (Lipinski definition) is 7. The molecule has 2 spiro atoms. The number of hydrogen-bond acceptors (Lipinski definition) is 21. The number of ether oxygens (including phenoxy) is 10. The van der Waals surface area contributed by atoms with Gasteiger partial charge in [0.05, 0.1) is 85.1 Å². The van der Waals surface area contributed by atoms with Gasteiger partial charge in [-0.15, -0.1) is 0 Å². The van der Waals surface area contributed by atoms with E-state index in [4.69, 9.17) is 59.0 Å². The third-order valence-corrected chi connectivity index (χ3v) is 18.4. The number of aliphatic hydroxyl groups is 7. The summed E-state index contributed by atoms with van der Waals surface area (Å²) in [5.41, 5.74) is -0.508. The van der Waals surface area contributed by atoms with Gasteiger partial charge < -0.3 is 83.1 Å². The van der Waals surface area contributed by atoms with Gasteiger partial charge in [-0.05, 0) is 51.5 Å². The molecule has 24 atom stereocenters. The molecule has 6 saturated heterocycles. The third kappa shape index (κ3) is 18.1. The van der Waals surface area contributed by atoms with Crippen molar-refractivity contribution >= 4 is 35.3 Å². The first-order valence-electron chi connectivity index (χ1n) is 30.3. The highest BCUT2D eigenvalue weighted by Gasteiger charge is 2.58. The Labute approximate surface area is 505 Å². The first-order valence-corrected chi connectivity index (χ1v) is 30.7. The molecule has 22 heteroatoms. The van der Waals surface area contributed by atoms with Crippen LogP contribution in [0.3, 0.4) is 0 Å². The predicted molar refractivity (Wildman–Crippen MR) is 308 cm³/mol. The van der Waals surface area contributed by atoms with Gasteiger partial charge in [0.25, 0.3) is 0 Å². The highest BCUT2D eigenvalue weighted by molar-refractivity contribution is 6.30. The number of ketones is 1. The molecular weight excluding hydrogens is 1130 g/mol. The molecule has 6 fully saturated rings. The molecule has 0 aromatic rings. The highest BCUT2D eigenvalue weighted by Crippen LogP contribution is 2.48. The molecule has 7 aliphatic rings. The Bertz CT molecular complexity index is 2430. The maximum atomic E-state index is 14.5. The molecule has 0 aliphatic carbocycles. The van der Waals surface area contributed by atoms with E-state index in [-0.39, 0.29) is 81.1 Å². The van der Waals surface area contributed by atoms with Gasteiger partial charge in [0, 0.05) is 108 Å². The summed E-state index contributed by atoms with van der Waals surface area (Å²) in [4.78, 5) is 54.3. The predicted octanol–water partition coefficient (Wildman–Crippen LogP) is 5.91. The van der Waals surface area contributed by atoms with Crippen LogP contribution in [-0.2, 0) is 66.5 Å². The fourth-order valence-electron chi connectivity index (χ4n) is 14.1. The van der Waals surface area contributed by atoms with Crippen molar-refractivity contribution in [1.29, 1.82) is 0 Å². The van der Waals surface area contributed by atoms with Crippen molar-refractivity contribution < 1.29 is 102 Å². The van der Waals surface area contributed by atoms with Crippen LogP contribution in [0.4, 0.5) is 0 Å². The van der Waals surface area contributed by atoms with Gasteiger partial charge in [-0.25, -0.2) is 0 Å². The zero-order chi connectivity index (χ0) is 62.5. The summed E-state index contributed by atoms with van der Waals surface area (Å²) in [5.74, 6) is -10.7. The quantitative estimate of drug-likeness (QED) is 0.0611. The lowest BCUT2D eigenvalue weighted by Crippen LogP contribution is -2.65. The summed E-state index contributed by atoms with van der Waals surface area (Å²) < 4.78 is 63.4. The Morgan fingerprint density at radius 1 is 0.812 bits per heavy atom. The molecule has 1 unspecified atom stereocenters. The number of halogens is 1. The standard InChI is InChI=1S/C63H95ClO21/c1-33(19-42(67)18-17-35(3)64)20-53-55(72)57-39(7)58(79-53)59(73)63(75)31-51(70)37(5)52(85-63)16-14-12-13-15-44-22-43(68)27-61(81-44)29-47(76-11)23-45(82-61)25-50(69)38(6)56(78-41(9)66)36(4)34(2)21-49-28-60(10,74)32-62(84-49)30-48(77-40(8)65)24-46(83-62)26-54(71)80-57/h13,15,17-18,36-39,42-49,51-53,55-59,67-68,70,72-75H,1-3,12,14,16,19-32H2,4-11H3/b15-13-,18-17+/t36-,37-,38-,39-,42-,43+,44+,45+,46+,47+,48+,49+,51+,52-,53-,55-,56?,57-,58-,59+,60+,61-,62-,63-/m1/s1. The second-order valence-electron chi connectivity index (χ2n) is 25.9. The van der Waals surface area contributed by atoms with Crippen LogP contribution in [0.2, 0.25) is 0 Å². The lowest BCUT2D eigenvalue weighted by molar-refractivity contribution is -0.351. The van der Waals surface area contributed by atoms with Crippen LogP contribution in [0.1, 0.15) is 158 Å². The van der Waals surface area contributed by atoms with E-state index in [0.717, 1.165) is 0 Å². The van der Waals surface area contributed by atoms with Crippen molar-refractivity contribution in [2.45, 2.75) is 278 Å². The van der Waals surface area contributed by atoms with E-state index in [1.165, 1.54) is 26.0 Å². The Morgan fingerprint density at radius 2 is 1.47 bits per heavy atom. The molecule has 21 nitrogen and oxygen atoms in total. The van der Waals surface area contributed by atoms with E-state index in [2.05, 4.69) is 19.7 Å². The van der Waals surface area contributed by atoms with Crippen molar-refractivity contribution in [2.75, 3.05) is 7.11 Å². The second-order valence-corrected chi connectivity index (χ2v) is 26.4. The van der Waals surface area contributed by atoms with Gasteiger partial charge in [-0.2, -0.15) is 0 Å². The van der Waals surface area contributed by atoms with Crippen LogP contribution >= 0.6 is 11.6 Å². The molecule has 7 aliphatic heterocycles. The van der Waals surface area contributed by atoms with Crippen LogP contribution in [0.5, 0.6) is 0 Å². The molecule has 85 heavy (non-hydrogen) atoms. The van der Waals surface area contributed by atoms with Crippen LogP contribution in [0.15, 0.2) is 60.2 Å². The fraction of sp³-hybridized carbons (Fsp3) is 0.778. The third-order valence-electron chi connectivity index (χ3n) is 18.3. The van der Waals surface area contributed by atoms with Crippen LogP contribution in [0.25, 0.3) is 0 Å². The Kier molecular flexibility index (Phi) is 23.5. The molecule has 7 rings (SSSR count). The number of methoxy groups -OCH3 is 1. The molecule has 10 bridgehead atoms. The summed E-state index contributed by atoms with van der Waals surface area (Å²) in [6, 6.07) is 0. The smallest absolute Gasteiger partial charge is 0.308 e. The van der Waals surface area contributed by atoms with Gasteiger partial charge in [0.15, 0.2) is 17.4 Å². The molecule has 7 heterocycles. The second kappa shape index (κ2) is 29.0. The number of fused-ring (bicyclic) bond motifs is 8. The number of aliphatic hydroxyl groups excluding tert-OH is 5. The van der Waals surface area contributed by atoms with Crippen molar-refractivity contribution in [2.24, 2.45) is 23.7 Å². The number of carbonyl (C=O) groups excluding carboxylic acids is 4. The van der Waals surface area contributed by atoms with E-state index in [0.29, 0.717) is 43.3 Å². The number of Topliss-reactive ketones (excluding diaryl/α,β-unsaturated/α-hetero) is 1. The Hall–Kier alpha value is -3.49. The summed E-state index contributed by atoms with van der Waals surface area (Å²) in [7, 11) is 1.57. The largest absolute Gasteiger partial charge is 0.462 e. The first-order chi connectivity index (χ1) is 39.8. The molecule has 7 N–H and O–H groups in total. The van der Waals surface area contributed by atoms with Crippen molar-refractivity contribution in [3.63, 3.8) is 0 Å². The number of rotatable bonds is 9. The topological polar surface area (TPSA) is 302 Å². The Balaban J connectivity index is 1.22. The maximum Gasteiger partial charge on any atom is 0.308 e. The first kappa shape index (κ1) is 69.0. The summed E-state index contributed by atoms with van der Waals surface area (Å²) >= 11 is 5.89. The minimum atomic E-state index is -2.40. The lowest BCUT2D eigenvalue weighted by Gasteiger charge is -2.52. The van der Waals surface area contributed by atoms with Crippen LogP contribution in [-0.4, -0.2) is 187 Å². The molecular formula is C63H95ClO21. The van der Waals surface area contributed by atoms with Crippen molar-refractivity contribution in [1.82, 2.24) is 0 Å². The minimum Gasteiger partial charge on any atom is -0.462 e. The zero-order valence-corrected chi connectivity index (χ0v) is 51.5. The SMILES string of the molecule is C=C(Cl)/C=C/[C@@H](O)CC(=C)C[C@H]1O[C@@H]2[C@H](C)[C@@H](OC(=O)C[C@@H]3C[C@H](OC(C)=O)C[C@@]4(C[C@@](C)(O)C[C@H](CC(=C)[C@@H](C)C(OC(C)=O)[C@H](C)C(=O)C[C@@H]5C[C@H](OC)C[C@@]6(C[C@@H](O)C[C@H](/C=C\CCC[C@H]7O[C@](O)(C[C@H](O)[C@H]7C)[C@H]2O)O6)O5)O4)O3)[C@@H]1O. The van der Waals surface area contributed by atoms with E-state index < -0.39 is 169 Å². The van der Waals surface area contributed by atoms with E-state index in [1.807, 2.05) is 12.2 Å². The molecule has 0 aromatic carbocycles. The normalized spacial score (nSPS) is 44.5. The van der Waals surface area contributed by atoms with Gasteiger partial charge in [-0.3, -0.25) is 19.2 Å². The summed E-state index contributed by atoms with van der Waals surface area (Å²) in [6.07, 6.45) is -8.69. The molecule has 480 valence electrons. The molecule has 0 amide bonds. The van der Waals surface area contributed by atoms with Crippen LogP contribution in [0, 0.1) is 23.7 Å². The van der Waals surface area contributed by atoms with Gasteiger partial charge in [0.2, 0.25) is 0 Å². The number of allylic oxidation sites excluding steroid dienone is 3. The molecule has 0 aromatic heterocycles. The highest BCUT2D eigenvalue weighted by atomic mass is 35.5. The molecule has 0 radical (unpaired) electrons. The maximum absolute atomic E-state index is 14.5. The van der Waals surface area contributed by atoms with E-state index in [9.17, 15) is 54.9 Å². The summed E-state index contributed by atoms with van der Waals surface area (Å²) in [5, 5.41) is 82.6. The Morgan fingerprint density at radius 3 is 2.15 bits per heavy atom. The van der Waals surface area contributed by atoms with E-state index >= 15 is 0 Å².